The van der Waals surface area contributed by atoms with E-state index < -0.39 is 11.9 Å². The zero-order chi connectivity index (χ0) is 18.1. The highest BCUT2D eigenvalue weighted by Gasteiger charge is 2.10. The summed E-state index contributed by atoms with van der Waals surface area (Å²) >= 11 is 0. The quantitative estimate of drug-likeness (QED) is 0.781. The van der Waals surface area contributed by atoms with E-state index in [1.165, 1.54) is 0 Å². The largest absolute Gasteiger partial charge is 0.481 e. The van der Waals surface area contributed by atoms with Gasteiger partial charge in [0, 0.05) is 6.54 Å². The Hall–Kier alpha value is -3.33. The molecule has 0 saturated carbocycles. The van der Waals surface area contributed by atoms with Crippen molar-refractivity contribution in [3.05, 3.63) is 65.2 Å². The molecule has 2 aromatic rings. The molecule has 0 aliphatic heterocycles. The van der Waals surface area contributed by atoms with Gasteiger partial charge in [0.25, 0.3) is 5.91 Å². The van der Waals surface area contributed by atoms with Gasteiger partial charge in [-0.05, 0) is 30.2 Å². The van der Waals surface area contributed by atoms with Crippen LogP contribution < -0.4 is 10.1 Å². The predicted molar refractivity (Wildman–Crippen MR) is 90.6 cm³/mol. The number of nitrogens with one attached hydrogen (secondary N) is 1. The highest BCUT2D eigenvalue weighted by molar-refractivity contribution is 5.80. The third-order valence-electron chi connectivity index (χ3n) is 3.45. The maximum absolute atomic E-state index is 11.7. The number of para-hydroxylation sites is 1. The normalized spacial score (nSPS) is 9.76. The smallest absolute Gasteiger partial charge is 0.344 e. The number of ether oxygens (including phenoxy) is 2. The molecule has 2 rings (SSSR count). The first kappa shape index (κ1) is 18.0. The van der Waals surface area contributed by atoms with Crippen LogP contribution in [0.25, 0.3) is 0 Å². The molecule has 0 radical (unpaired) electrons. The molecule has 0 aliphatic rings. The summed E-state index contributed by atoms with van der Waals surface area (Å²) in [5, 5.41) is 11.6. The molecule has 0 atom stereocenters. The van der Waals surface area contributed by atoms with Gasteiger partial charge in [-0.1, -0.05) is 36.4 Å². The Bertz CT molecular complexity index is 796. The second-order valence-electron chi connectivity index (χ2n) is 5.26. The van der Waals surface area contributed by atoms with Crippen LogP contribution in [0.4, 0.5) is 0 Å². The van der Waals surface area contributed by atoms with Gasteiger partial charge >= 0.3 is 5.97 Å². The molecule has 0 bridgehead atoms. The van der Waals surface area contributed by atoms with Crippen LogP contribution in [0.1, 0.15) is 16.7 Å². The monoisotopic (exact) mass is 338 g/mol. The van der Waals surface area contributed by atoms with Crippen LogP contribution in [0.3, 0.4) is 0 Å². The zero-order valence-corrected chi connectivity index (χ0v) is 13.8. The van der Waals surface area contributed by atoms with Crippen molar-refractivity contribution in [2.45, 2.75) is 13.5 Å². The standard InChI is InChI=1S/C19H18N2O4/c1-14-6-2-3-8-16(14)11-21-18(22)12-25-19(23)13-24-17-9-5-4-7-15(17)10-20/h2-9H,11-13H2,1H3,(H,21,22). The Morgan fingerprint density at radius 2 is 1.80 bits per heavy atom. The lowest BCUT2D eigenvalue weighted by atomic mass is 10.1. The molecule has 1 N–H and O–H groups in total. The Kier molecular flexibility index (Phi) is 6.55. The number of aryl methyl sites for hydroxylation is 1. The molecular formula is C19H18N2O4. The van der Waals surface area contributed by atoms with Crippen LogP contribution in [-0.2, 0) is 20.9 Å². The van der Waals surface area contributed by atoms with Crippen molar-refractivity contribution in [1.82, 2.24) is 5.32 Å². The van der Waals surface area contributed by atoms with Crippen LogP contribution in [-0.4, -0.2) is 25.1 Å². The fourth-order valence-electron chi connectivity index (χ4n) is 2.06. The van der Waals surface area contributed by atoms with Crippen LogP contribution in [0.15, 0.2) is 48.5 Å². The lowest BCUT2D eigenvalue weighted by molar-refractivity contribution is -0.150. The van der Waals surface area contributed by atoms with Crippen molar-refractivity contribution < 1.29 is 19.1 Å². The maximum atomic E-state index is 11.7. The third-order valence-corrected chi connectivity index (χ3v) is 3.45. The summed E-state index contributed by atoms with van der Waals surface area (Å²) in [6, 6.07) is 16.2. The summed E-state index contributed by atoms with van der Waals surface area (Å²) in [5.74, 6) is -0.779. The van der Waals surface area contributed by atoms with Crippen molar-refractivity contribution in [1.29, 1.82) is 5.26 Å². The van der Waals surface area contributed by atoms with Crippen LogP contribution in [0, 0.1) is 18.3 Å². The molecule has 2 aromatic carbocycles. The minimum absolute atomic E-state index is 0.297. The second-order valence-corrected chi connectivity index (χ2v) is 5.26. The van der Waals surface area contributed by atoms with Gasteiger partial charge in [0.2, 0.25) is 0 Å². The molecular weight excluding hydrogens is 320 g/mol. The molecule has 0 unspecified atom stereocenters. The molecule has 1 amide bonds. The number of nitriles is 1. The molecule has 6 nitrogen and oxygen atoms in total. The van der Waals surface area contributed by atoms with Gasteiger partial charge in [-0.25, -0.2) is 4.79 Å². The number of carbonyl (C=O) groups is 2. The minimum Gasteiger partial charge on any atom is -0.481 e. The van der Waals surface area contributed by atoms with Gasteiger partial charge in [-0.3, -0.25) is 4.79 Å². The lowest BCUT2D eigenvalue weighted by Crippen LogP contribution is -2.29. The number of hydrogen-bond donors (Lipinski definition) is 1. The lowest BCUT2D eigenvalue weighted by Gasteiger charge is -2.09. The maximum Gasteiger partial charge on any atom is 0.344 e. The molecule has 0 aromatic heterocycles. The number of carbonyl (C=O) groups excluding carboxylic acids is 2. The van der Waals surface area contributed by atoms with E-state index in [9.17, 15) is 9.59 Å². The zero-order valence-electron chi connectivity index (χ0n) is 13.8. The van der Waals surface area contributed by atoms with Gasteiger partial charge in [-0.15, -0.1) is 0 Å². The van der Waals surface area contributed by atoms with Gasteiger partial charge < -0.3 is 14.8 Å². The average molecular weight is 338 g/mol. The van der Waals surface area contributed by atoms with Gasteiger partial charge in [-0.2, -0.15) is 5.26 Å². The van der Waals surface area contributed by atoms with Gasteiger partial charge in [0.1, 0.15) is 11.8 Å². The summed E-state index contributed by atoms with van der Waals surface area (Å²) in [5.41, 5.74) is 2.40. The Labute approximate surface area is 146 Å². The fourth-order valence-corrected chi connectivity index (χ4v) is 2.06. The van der Waals surface area contributed by atoms with Crippen molar-refractivity contribution in [3.8, 4) is 11.8 Å². The number of rotatable bonds is 7. The summed E-state index contributed by atoms with van der Waals surface area (Å²) in [7, 11) is 0. The van der Waals surface area contributed by atoms with Gasteiger partial charge in [0.15, 0.2) is 13.2 Å². The first-order valence-corrected chi connectivity index (χ1v) is 7.69. The van der Waals surface area contributed by atoms with E-state index in [1.807, 2.05) is 37.3 Å². The molecule has 0 fully saturated rings. The summed E-state index contributed by atoms with van der Waals surface area (Å²) < 4.78 is 10.1. The summed E-state index contributed by atoms with van der Waals surface area (Å²) in [6.07, 6.45) is 0. The topological polar surface area (TPSA) is 88.4 Å². The Morgan fingerprint density at radius 1 is 1.08 bits per heavy atom. The Morgan fingerprint density at radius 3 is 2.56 bits per heavy atom. The van der Waals surface area contributed by atoms with E-state index in [-0.39, 0.29) is 13.2 Å². The molecule has 25 heavy (non-hydrogen) atoms. The first-order valence-electron chi connectivity index (χ1n) is 7.69. The third kappa shape index (κ3) is 5.66. The van der Waals surface area contributed by atoms with E-state index >= 15 is 0 Å². The number of hydrogen-bond acceptors (Lipinski definition) is 5. The fraction of sp³-hybridized carbons (Fsp3) is 0.211. The molecule has 0 saturated heterocycles. The van der Waals surface area contributed by atoms with Gasteiger partial charge in [0.05, 0.1) is 5.56 Å². The minimum atomic E-state index is -0.682. The molecule has 0 spiro atoms. The summed E-state index contributed by atoms with van der Waals surface area (Å²) in [6.45, 7) is 1.57. The highest BCUT2D eigenvalue weighted by Crippen LogP contribution is 2.16. The van der Waals surface area contributed by atoms with E-state index in [0.29, 0.717) is 17.9 Å². The first-order chi connectivity index (χ1) is 12.1. The van der Waals surface area contributed by atoms with Crippen molar-refractivity contribution >= 4 is 11.9 Å². The molecule has 6 heteroatoms. The molecule has 128 valence electrons. The predicted octanol–water partition coefficient (Wildman–Crippen LogP) is 2.11. The Balaban J connectivity index is 1.72. The van der Waals surface area contributed by atoms with E-state index in [0.717, 1.165) is 11.1 Å². The molecule has 0 heterocycles. The number of nitrogens with zero attached hydrogens (tertiary/aromatic N) is 1. The number of esters is 1. The number of amides is 1. The van der Waals surface area contributed by atoms with Crippen LogP contribution in [0.5, 0.6) is 5.75 Å². The second kappa shape index (κ2) is 9.08. The van der Waals surface area contributed by atoms with Crippen molar-refractivity contribution in [2.75, 3.05) is 13.2 Å². The molecule has 0 aliphatic carbocycles. The SMILES string of the molecule is Cc1ccccc1CNC(=O)COC(=O)COc1ccccc1C#N. The highest BCUT2D eigenvalue weighted by atomic mass is 16.6. The average Bonchev–Trinajstić information content (AvgIpc) is 2.64. The van der Waals surface area contributed by atoms with E-state index in [2.05, 4.69) is 5.32 Å². The van der Waals surface area contributed by atoms with E-state index in [1.54, 1.807) is 24.3 Å². The van der Waals surface area contributed by atoms with Crippen LogP contribution in [0.2, 0.25) is 0 Å². The van der Waals surface area contributed by atoms with Crippen molar-refractivity contribution in [2.24, 2.45) is 0 Å². The van der Waals surface area contributed by atoms with Crippen molar-refractivity contribution in [3.63, 3.8) is 0 Å². The number of benzene rings is 2. The summed E-state index contributed by atoms with van der Waals surface area (Å²) in [4.78, 5) is 23.4. The van der Waals surface area contributed by atoms with E-state index in [4.69, 9.17) is 14.7 Å². The van der Waals surface area contributed by atoms with Crippen LogP contribution >= 0.6 is 0 Å².